The molecule has 0 fully saturated rings. The van der Waals surface area contributed by atoms with E-state index in [9.17, 15) is 9.59 Å². The number of carbonyl (C=O) groups excluding carboxylic acids is 2. The number of rotatable bonds is 8. The molecule has 0 spiro atoms. The highest BCUT2D eigenvalue weighted by Crippen LogP contribution is 2.24. The fourth-order valence-corrected chi connectivity index (χ4v) is 3.93. The van der Waals surface area contributed by atoms with E-state index in [1.807, 2.05) is 19.1 Å². The number of halogens is 2. The standard InChI is InChI=1S/C23H19Cl2NO3S/c1-2-29-18-8-3-15(4-9-18)22(27)14-30-19-10-6-17(7-11-19)26-23(28)20-12-5-16(24)13-21(20)25/h3-13H,2,14H2,1H3,(H,26,28). The normalized spacial score (nSPS) is 10.5. The van der Waals surface area contributed by atoms with Crippen molar-refractivity contribution in [2.24, 2.45) is 0 Å². The first-order chi connectivity index (χ1) is 14.5. The topological polar surface area (TPSA) is 55.4 Å². The van der Waals surface area contributed by atoms with Crippen molar-refractivity contribution in [3.63, 3.8) is 0 Å². The van der Waals surface area contributed by atoms with Gasteiger partial charge < -0.3 is 10.1 Å². The van der Waals surface area contributed by atoms with E-state index in [0.717, 1.165) is 10.6 Å². The molecule has 0 heterocycles. The molecule has 4 nitrogen and oxygen atoms in total. The van der Waals surface area contributed by atoms with Crippen LogP contribution in [0.15, 0.2) is 71.6 Å². The van der Waals surface area contributed by atoms with Gasteiger partial charge in [-0.1, -0.05) is 23.2 Å². The predicted octanol–water partition coefficient (Wildman–Crippen LogP) is 6.62. The number of nitrogens with one attached hydrogen (secondary N) is 1. The molecule has 0 aliphatic rings. The van der Waals surface area contributed by atoms with Crippen molar-refractivity contribution in [2.45, 2.75) is 11.8 Å². The molecule has 0 aliphatic heterocycles. The number of carbonyl (C=O) groups is 2. The maximum Gasteiger partial charge on any atom is 0.257 e. The third-order valence-electron chi connectivity index (χ3n) is 4.15. The Balaban J connectivity index is 1.55. The van der Waals surface area contributed by atoms with E-state index in [0.29, 0.717) is 39.2 Å². The zero-order valence-electron chi connectivity index (χ0n) is 16.2. The molecule has 0 bridgehead atoms. The molecular formula is C23H19Cl2NO3S. The van der Waals surface area contributed by atoms with Gasteiger partial charge in [0.15, 0.2) is 5.78 Å². The van der Waals surface area contributed by atoms with Gasteiger partial charge in [0.1, 0.15) is 5.75 Å². The van der Waals surface area contributed by atoms with Crippen molar-refractivity contribution in [2.75, 3.05) is 17.7 Å². The largest absolute Gasteiger partial charge is 0.494 e. The van der Waals surface area contributed by atoms with Crippen LogP contribution in [0.25, 0.3) is 0 Å². The Bertz CT molecular complexity index is 1040. The highest BCUT2D eigenvalue weighted by atomic mass is 35.5. The molecule has 0 saturated carbocycles. The zero-order chi connectivity index (χ0) is 21.5. The lowest BCUT2D eigenvalue weighted by Gasteiger charge is -2.08. The van der Waals surface area contributed by atoms with Gasteiger partial charge in [0.2, 0.25) is 0 Å². The van der Waals surface area contributed by atoms with Gasteiger partial charge in [-0.2, -0.15) is 0 Å². The molecule has 154 valence electrons. The first-order valence-corrected chi connectivity index (χ1v) is 11.0. The van der Waals surface area contributed by atoms with Gasteiger partial charge in [-0.15, -0.1) is 11.8 Å². The second-order valence-corrected chi connectivity index (χ2v) is 8.16. The summed E-state index contributed by atoms with van der Waals surface area (Å²) in [7, 11) is 0. The number of benzene rings is 3. The number of Topliss-reactive ketones (excluding diaryl/α,β-unsaturated/α-hetero) is 1. The van der Waals surface area contributed by atoms with Crippen LogP contribution in [0, 0.1) is 0 Å². The Labute approximate surface area is 189 Å². The summed E-state index contributed by atoms with van der Waals surface area (Å²) in [5.74, 6) is 0.792. The van der Waals surface area contributed by atoms with Crippen molar-refractivity contribution in [1.82, 2.24) is 0 Å². The Kier molecular flexibility index (Phi) is 7.80. The molecule has 3 aromatic rings. The molecule has 0 aromatic heterocycles. The average molecular weight is 460 g/mol. The van der Waals surface area contributed by atoms with E-state index >= 15 is 0 Å². The van der Waals surface area contributed by atoms with Gasteiger partial charge in [0.25, 0.3) is 5.91 Å². The van der Waals surface area contributed by atoms with Crippen LogP contribution in [0.2, 0.25) is 10.0 Å². The molecule has 1 N–H and O–H groups in total. The van der Waals surface area contributed by atoms with Crippen LogP contribution in [0.5, 0.6) is 5.75 Å². The van der Waals surface area contributed by atoms with Gasteiger partial charge in [-0.3, -0.25) is 9.59 Å². The first-order valence-electron chi connectivity index (χ1n) is 9.21. The Hall–Kier alpha value is -2.47. The number of thioether (sulfide) groups is 1. The minimum Gasteiger partial charge on any atom is -0.494 e. The summed E-state index contributed by atoms with van der Waals surface area (Å²) in [5.41, 5.74) is 1.63. The van der Waals surface area contributed by atoms with Gasteiger partial charge in [0.05, 0.1) is 22.9 Å². The lowest BCUT2D eigenvalue weighted by molar-refractivity contribution is 0.101. The Morgan fingerprint density at radius 3 is 2.30 bits per heavy atom. The van der Waals surface area contributed by atoms with Crippen LogP contribution >= 0.6 is 35.0 Å². The van der Waals surface area contributed by atoms with Gasteiger partial charge in [-0.25, -0.2) is 0 Å². The van der Waals surface area contributed by atoms with Crippen LogP contribution < -0.4 is 10.1 Å². The highest BCUT2D eigenvalue weighted by molar-refractivity contribution is 8.00. The maximum atomic E-state index is 12.4. The van der Waals surface area contributed by atoms with Crippen molar-refractivity contribution < 1.29 is 14.3 Å². The van der Waals surface area contributed by atoms with Crippen LogP contribution in [0.1, 0.15) is 27.6 Å². The van der Waals surface area contributed by atoms with Crippen LogP contribution in [0.4, 0.5) is 5.69 Å². The molecular weight excluding hydrogens is 441 g/mol. The second-order valence-electron chi connectivity index (χ2n) is 6.27. The molecule has 0 saturated heterocycles. The molecule has 0 atom stereocenters. The SMILES string of the molecule is CCOc1ccc(C(=O)CSc2ccc(NC(=O)c3ccc(Cl)cc3Cl)cc2)cc1. The summed E-state index contributed by atoms with van der Waals surface area (Å²) in [6.45, 7) is 2.51. The van der Waals surface area contributed by atoms with Crippen LogP contribution in [0.3, 0.4) is 0 Å². The summed E-state index contributed by atoms with van der Waals surface area (Å²) in [4.78, 5) is 25.7. The number of anilines is 1. The maximum absolute atomic E-state index is 12.4. The first kappa shape index (κ1) is 22.2. The fraction of sp³-hybridized carbons (Fsp3) is 0.130. The van der Waals surface area contributed by atoms with Crippen molar-refractivity contribution in [3.8, 4) is 5.75 Å². The number of ether oxygens (including phenoxy) is 1. The second kappa shape index (κ2) is 10.5. The predicted molar refractivity (Wildman–Crippen MR) is 124 cm³/mol. The molecule has 30 heavy (non-hydrogen) atoms. The zero-order valence-corrected chi connectivity index (χ0v) is 18.5. The lowest BCUT2D eigenvalue weighted by atomic mass is 10.1. The molecule has 0 aliphatic carbocycles. The molecule has 0 unspecified atom stereocenters. The van der Waals surface area contributed by atoms with Crippen molar-refractivity contribution in [1.29, 1.82) is 0 Å². The van der Waals surface area contributed by atoms with E-state index in [2.05, 4.69) is 5.32 Å². The molecule has 7 heteroatoms. The lowest BCUT2D eigenvalue weighted by Crippen LogP contribution is -2.12. The summed E-state index contributed by atoms with van der Waals surface area (Å²) in [5, 5.41) is 3.56. The summed E-state index contributed by atoms with van der Waals surface area (Å²) >= 11 is 13.4. The quantitative estimate of drug-likeness (QED) is 0.303. The van der Waals surface area contributed by atoms with E-state index in [1.165, 1.54) is 17.8 Å². The van der Waals surface area contributed by atoms with Gasteiger partial charge >= 0.3 is 0 Å². The molecule has 3 rings (SSSR count). The third kappa shape index (κ3) is 6.02. The van der Waals surface area contributed by atoms with E-state index in [1.54, 1.807) is 48.5 Å². The van der Waals surface area contributed by atoms with Crippen molar-refractivity contribution >= 4 is 52.3 Å². The summed E-state index contributed by atoms with van der Waals surface area (Å²) in [6.07, 6.45) is 0. The van der Waals surface area contributed by atoms with Crippen LogP contribution in [-0.4, -0.2) is 24.1 Å². The van der Waals surface area contributed by atoms with E-state index < -0.39 is 0 Å². The Morgan fingerprint density at radius 2 is 1.67 bits per heavy atom. The monoisotopic (exact) mass is 459 g/mol. The number of amides is 1. The minimum absolute atomic E-state index is 0.0396. The third-order valence-corrected chi connectivity index (χ3v) is 5.70. The van der Waals surface area contributed by atoms with E-state index in [4.69, 9.17) is 27.9 Å². The average Bonchev–Trinajstić information content (AvgIpc) is 2.73. The summed E-state index contributed by atoms with van der Waals surface area (Å²) < 4.78 is 5.39. The minimum atomic E-state index is -0.317. The van der Waals surface area contributed by atoms with Gasteiger partial charge in [0, 0.05) is 21.2 Å². The van der Waals surface area contributed by atoms with Crippen molar-refractivity contribution in [3.05, 3.63) is 87.9 Å². The molecule has 3 aromatic carbocycles. The smallest absolute Gasteiger partial charge is 0.257 e. The number of hydrogen-bond donors (Lipinski definition) is 1. The Morgan fingerprint density at radius 1 is 0.967 bits per heavy atom. The summed E-state index contributed by atoms with van der Waals surface area (Å²) in [6, 6.07) is 19.1. The number of hydrogen-bond acceptors (Lipinski definition) is 4. The fourth-order valence-electron chi connectivity index (χ4n) is 2.64. The highest BCUT2D eigenvalue weighted by Gasteiger charge is 2.11. The van der Waals surface area contributed by atoms with Gasteiger partial charge in [-0.05, 0) is 73.7 Å². The molecule has 0 radical (unpaired) electrons. The molecule has 1 amide bonds. The van der Waals surface area contributed by atoms with E-state index in [-0.39, 0.29) is 11.7 Å². The van der Waals surface area contributed by atoms with Crippen LogP contribution in [-0.2, 0) is 0 Å². The number of ketones is 1.